The number of ether oxygens (including phenoxy) is 2. The lowest BCUT2D eigenvalue weighted by Crippen LogP contribution is -2.25. The number of benzene rings is 2. The van der Waals surface area contributed by atoms with Crippen LogP contribution in [0.2, 0.25) is 0 Å². The topological polar surface area (TPSA) is 52.5 Å². The fourth-order valence-corrected chi connectivity index (χ4v) is 5.20. The summed E-state index contributed by atoms with van der Waals surface area (Å²) in [7, 11) is 0. The molecule has 3 heterocycles. The van der Waals surface area contributed by atoms with Gasteiger partial charge in [-0.05, 0) is 45.8 Å². The van der Waals surface area contributed by atoms with E-state index in [9.17, 15) is 9.18 Å². The van der Waals surface area contributed by atoms with Gasteiger partial charge in [0.25, 0.3) is 5.91 Å². The quantitative estimate of drug-likeness (QED) is 0.415. The number of rotatable bonds is 5. The van der Waals surface area contributed by atoms with Crippen LogP contribution in [0.1, 0.15) is 21.6 Å². The smallest absolute Gasteiger partial charge is 0.268 e. The molecule has 1 N–H and O–H groups in total. The van der Waals surface area contributed by atoms with Gasteiger partial charge in [-0.15, -0.1) is 11.3 Å². The van der Waals surface area contributed by atoms with E-state index < -0.39 is 0 Å². The second kappa shape index (κ2) is 7.77. The molecule has 0 spiro atoms. The maximum atomic E-state index is 14.3. The average molecular weight is 487 g/mol. The van der Waals surface area contributed by atoms with Crippen LogP contribution in [0.4, 0.5) is 4.39 Å². The highest BCUT2D eigenvalue weighted by atomic mass is 79.9. The molecule has 0 saturated heterocycles. The molecule has 0 aliphatic carbocycles. The van der Waals surface area contributed by atoms with Crippen LogP contribution in [-0.2, 0) is 13.1 Å². The van der Waals surface area contributed by atoms with Gasteiger partial charge in [0.15, 0.2) is 11.5 Å². The van der Waals surface area contributed by atoms with Crippen molar-refractivity contribution in [2.24, 2.45) is 0 Å². The molecular weight excluding hydrogens is 471 g/mol. The lowest BCUT2D eigenvalue weighted by molar-refractivity contribution is 0.0942. The summed E-state index contributed by atoms with van der Waals surface area (Å²) in [4.78, 5) is 13.0. The van der Waals surface area contributed by atoms with Crippen molar-refractivity contribution in [1.82, 2.24) is 9.88 Å². The molecule has 0 fully saturated rings. The fourth-order valence-electron chi connectivity index (χ4n) is 3.50. The number of nitrogens with one attached hydrogen (secondary N) is 1. The predicted octanol–water partition coefficient (Wildman–Crippen LogP) is 5.31. The molecule has 1 amide bonds. The Balaban J connectivity index is 1.43. The lowest BCUT2D eigenvalue weighted by Gasteiger charge is -2.12. The summed E-state index contributed by atoms with van der Waals surface area (Å²) in [5.41, 5.74) is 2.80. The van der Waals surface area contributed by atoms with E-state index in [0.29, 0.717) is 29.3 Å². The van der Waals surface area contributed by atoms with E-state index in [1.165, 1.54) is 17.4 Å². The minimum Gasteiger partial charge on any atom is -0.454 e. The van der Waals surface area contributed by atoms with Crippen LogP contribution < -0.4 is 14.8 Å². The molecule has 2 aromatic carbocycles. The van der Waals surface area contributed by atoms with Crippen molar-refractivity contribution >= 4 is 43.4 Å². The minimum absolute atomic E-state index is 0.209. The molecule has 1 aliphatic rings. The Hall–Kier alpha value is -2.84. The van der Waals surface area contributed by atoms with E-state index in [1.807, 2.05) is 34.2 Å². The molecule has 8 heteroatoms. The first kappa shape index (κ1) is 19.1. The number of hydrogen-bond donors (Lipinski definition) is 1. The zero-order valence-corrected chi connectivity index (χ0v) is 18.1. The van der Waals surface area contributed by atoms with Crippen LogP contribution in [0.5, 0.6) is 11.5 Å². The van der Waals surface area contributed by atoms with E-state index in [1.54, 1.807) is 18.2 Å². The Morgan fingerprint density at radius 3 is 2.87 bits per heavy atom. The van der Waals surface area contributed by atoms with Gasteiger partial charge < -0.3 is 19.4 Å². The molecular formula is C22H16BrFN2O3S. The van der Waals surface area contributed by atoms with Crippen molar-refractivity contribution in [3.05, 3.63) is 81.0 Å². The Labute approximate surface area is 184 Å². The Bertz CT molecular complexity index is 1270. The van der Waals surface area contributed by atoms with Crippen LogP contribution >= 0.6 is 27.3 Å². The van der Waals surface area contributed by atoms with Gasteiger partial charge in [0.05, 0.1) is 21.2 Å². The maximum absolute atomic E-state index is 14.3. The second-order valence-electron chi connectivity index (χ2n) is 6.87. The predicted molar refractivity (Wildman–Crippen MR) is 117 cm³/mol. The highest BCUT2D eigenvalue weighted by Gasteiger charge is 2.20. The number of fused-ring (bicyclic) bond motifs is 2. The minimum atomic E-state index is -0.294. The molecule has 0 radical (unpaired) electrons. The van der Waals surface area contributed by atoms with Crippen molar-refractivity contribution in [2.45, 2.75) is 13.1 Å². The molecule has 152 valence electrons. The zero-order chi connectivity index (χ0) is 20.7. The van der Waals surface area contributed by atoms with E-state index in [0.717, 1.165) is 20.3 Å². The van der Waals surface area contributed by atoms with Crippen molar-refractivity contribution < 1.29 is 18.7 Å². The molecule has 0 bridgehead atoms. The van der Waals surface area contributed by atoms with Crippen LogP contribution in [0, 0.1) is 5.82 Å². The molecule has 2 aromatic heterocycles. The number of thiophene rings is 1. The van der Waals surface area contributed by atoms with Gasteiger partial charge in [-0.25, -0.2) is 4.39 Å². The number of aromatic nitrogens is 1. The number of carbonyl (C=O) groups excluding carboxylic acids is 1. The molecule has 0 unspecified atom stereocenters. The highest BCUT2D eigenvalue weighted by Crippen LogP contribution is 2.34. The number of amides is 1. The van der Waals surface area contributed by atoms with Gasteiger partial charge in [-0.3, -0.25) is 4.79 Å². The number of carbonyl (C=O) groups is 1. The molecule has 5 nitrogen and oxygen atoms in total. The number of halogens is 2. The third kappa shape index (κ3) is 3.46. The fraction of sp³-hybridized carbons (Fsp3) is 0.136. The molecule has 0 saturated carbocycles. The summed E-state index contributed by atoms with van der Waals surface area (Å²) in [5.74, 6) is 0.861. The summed E-state index contributed by atoms with van der Waals surface area (Å²) in [6.07, 6.45) is 0. The third-order valence-corrected chi connectivity index (χ3v) is 6.81. The first-order valence-corrected chi connectivity index (χ1v) is 10.9. The summed E-state index contributed by atoms with van der Waals surface area (Å²) >= 11 is 5.09. The monoisotopic (exact) mass is 486 g/mol. The van der Waals surface area contributed by atoms with Gasteiger partial charge in [-0.1, -0.05) is 24.3 Å². The van der Waals surface area contributed by atoms with Gasteiger partial charge in [0.1, 0.15) is 11.5 Å². The largest absolute Gasteiger partial charge is 0.454 e. The number of hydrogen-bond acceptors (Lipinski definition) is 4. The Morgan fingerprint density at radius 1 is 1.17 bits per heavy atom. The third-order valence-electron chi connectivity index (χ3n) is 4.99. The SMILES string of the molecule is O=C(NCc1ccc2c(c1)OCO2)c1cc2scc(Br)c2n1Cc1ccccc1F. The first-order chi connectivity index (χ1) is 14.6. The van der Waals surface area contributed by atoms with Gasteiger partial charge >= 0.3 is 0 Å². The molecule has 4 aromatic rings. The average Bonchev–Trinajstić information content (AvgIpc) is 3.44. The second-order valence-corrected chi connectivity index (χ2v) is 8.64. The highest BCUT2D eigenvalue weighted by molar-refractivity contribution is 9.10. The van der Waals surface area contributed by atoms with Crippen molar-refractivity contribution in [1.29, 1.82) is 0 Å². The maximum Gasteiger partial charge on any atom is 0.268 e. The van der Waals surface area contributed by atoms with E-state index in [-0.39, 0.29) is 25.1 Å². The van der Waals surface area contributed by atoms with Crippen LogP contribution in [0.15, 0.2) is 58.4 Å². The first-order valence-electron chi connectivity index (χ1n) is 9.26. The normalized spacial score (nSPS) is 12.5. The van der Waals surface area contributed by atoms with Crippen LogP contribution in [0.25, 0.3) is 10.2 Å². The lowest BCUT2D eigenvalue weighted by atomic mass is 10.2. The van der Waals surface area contributed by atoms with E-state index in [4.69, 9.17) is 9.47 Å². The zero-order valence-electron chi connectivity index (χ0n) is 15.7. The summed E-state index contributed by atoms with van der Waals surface area (Å²) in [6.45, 7) is 0.813. The van der Waals surface area contributed by atoms with Crippen molar-refractivity contribution in [3.8, 4) is 11.5 Å². The van der Waals surface area contributed by atoms with Gasteiger partial charge in [-0.2, -0.15) is 0 Å². The molecule has 0 atom stereocenters. The molecule has 1 aliphatic heterocycles. The number of nitrogens with zero attached hydrogens (tertiary/aromatic N) is 1. The summed E-state index contributed by atoms with van der Waals surface area (Å²) in [5, 5.41) is 4.93. The van der Waals surface area contributed by atoms with Crippen molar-refractivity contribution in [3.63, 3.8) is 0 Å². The van der Waals surface area contributed by atoms with E-state index in [2.05, 4.69) is 21.2 Å². The Morgan fingerprint density at radius 2 is 2.00 bits per heavy atom. The van der Waals surface area contributed by atoms with Gasteiger partial charge in [0, 0.05) is 17.5 Å². The van der Waals surface area contributed by atoms with E-state index >= 15 is 0 Å². The summed E-state index contributed by atoms with van der Waals surface area (Å²) in [6, 6.07) is 14.0. The molecule has 30 heavy (non-hydrogen) atoms. The van der Waals surface area contributed by atoms with Crippen LogP contribution in [-0.4, -0.2) is 17.3 Å². The Kier molecular flexibility index (Phi) is 4.96. The standard InChI is InChI=1S/C22H16BrFN2O3S/c23-15-11-30-20-8-17(26(21(15)20)10-14-3-1-2-4-16(14)24)22(27)25-9-13-5-6-18-19(7-13)29-12-28-18/h1-8,11H,9-10,12H2,(H,25,27). The van der Waals surface area contributed by atoms with Crippen molar-refractivity contribution in [2.75, 3.05) is 6.79 Å². The van der Waals surface area contributed by atoms with Gasteiger partial charge in [0.2, 0.25) is 6.79 Å². The summed E-state index contributed by atoms with van der Waals surface area (Å²) < 4.78 is 28.7. The molecule has 5 rings (SSSR count). The van der Waals surface area contributed by atoms with Crippen LogP contribution in [0.3, 0.4) is 0 Å².